The van der Waals surface area contributed by atoms with Gasteiger partial charge in [-0.1, -0.05) is 29.3 Å². The van der Waals surface area contributed by atoms with Gasteiger partial charge in [-0.25, -0.2) is 8.42 Å². The van der Waals surface area contributed by atoms with Gasteiger partial charge < -0.3 is 5.32 Å². The fraction of sp³-hybridized carbons (Fsp3) is 0.0435. The van der Waals surface area contributed by atoms with E-state index in [9.17, 15) is 13.2 Å². The van der Waals surface area contributed by atoms with Crippen molar-refractivity contribution in [1.29, 1.82) is 0 Å². The van der Waals surface area contributed by atoms with E-state index < -0.39 is 15.9 Å². The highest BCUT2D eigenvalue weighted by atomic mass is 35.5. The first-order valence-electron chi connectivity index (χ1n) is 9.46. The molecule has 1 aromatic heterocycles. The predicted molar refractivity (Wildman–Crippen MR) is 128 cm³/mol. The van der Waals surface area contributed by atoms with Gasteiger partial charge in [-0.2, -0.15) is 0 Å². The Kier molecular flexibility index (Phi) is 6.06. The van der Waals surface area contributed by atoms with E-state index in [-0.39, 0.29) is 15.5 Å². The van der Waals surface area contributed by atoms with Crippen LogP contribution in [0.1, 0.15) is 10.4 Å². The molecule has 1 amide bonds. The predicted octanol–water partition coefficient (Wildman–Crippen LogP) is 5.62. The van der Waals surface area contributed by atoms with Gasteiger partial charge in [-0.05, 0) is 66.7 Å². The van der Waals surface area contributed by atoms with Crippen LogP contribution in [0.3, 0.4) is 0 Å². The van der Waals surface area contributed by atoms with Crippen LogP contribution in [0.2, 0.25) is 10.0 Å². The molecule has 0 fully saturated rings. The minimum atomic E-state index is -4.03. The number of carbonyl (C=O) groups is 1. The molecular weight excluding hydrogens is 469 g/mol. The molecule has 0 saturated heterocycles. The summed E-state index contributed by atoms with van der Waals surface area (Å²) >= 11 is 12.1. The first kappa shape index (κ1) is 22.1. The number of hydrogen-bond acceptors (Lipinski definition) is 4. The number of halogens is 2. The van der Waals surface area contributed by atoms with Gasteiger partial charge in [0.05, 0.1) is 21.9 Å². The molecule has 4 aromatic rings. The van der Waals surface area contributed by atoms with Crippen LogP contribution >= 0.6 is 23.2 Å². The number of anilines is 2. The molecular formula is C23H17Cl2N3O3S. The number of amides is 1. The average molecular weight is 486 g/mol. The summed E-state index contributed by atoms with van der Waals surface area (Å²) in [6.07, 6.45) is 1.67. The van der Waals surface area contributed by atoms with E-state index in [4.69, 9.17) is 23.2 Å². The monoisotopic (exact) mass is 485 g/mol. The minimum absolute atomic E-state index is 0.0109. The smallest absolute Gasteiger partial charge is 0.265 e. The molecule has 0 radical (unpaired) electrons. The Balaban J connectivity index is 1.67. The SMILES string of the molecule is CN(c1ccc(Cl)cc1)S(=O)(=O)c1cc(C(=O)Nc2cccc3ncccc23)ccc1Cl. The maximum atomic E-state index is 13.2. The van der Waals surface area contributed by atoms with Crippen molar-refractivity contribution >= 4 is 61.4 Å². The fourth-order valence-electron chi connectivity index (χ4n) is 3.19. The third-order valence-corrected chi connectivity index (χ3v) is 7.44. The molecule has 0 unspecified atom stereocenters. The normalized spacial score (nSPS) is 11.3. The Labute approximate surface area is 195 Å². The maximum absolute atomic E-state index is 13.2. The molecule has 0 aliphatic carbocycles. The number of carbonyl (C=O) groups excluding carboxylic acids is 1. The van der Waals surface area contributed by atoms with Crippen molar-refractivity contribution in [3.63, 3.8) is 0 Å². The number of nitrogens with one attached hydrogen (secondary N) is 1. The van der Waals surface area contributed by atoms with Crippen LogP contribution < -0.4 is 9.62 Å². The number of hydrogen-bond donors (Lipinski definition) is 1. The van der Waals surface area contributed by atoms with Gasteiger partial charge in [-0.3, -0.25) is 14.1 Å². The van der Waals surface area contributed by atoms with Gasteiger partial charge in [0.15, 0.2) is 0 Å². The number of aromatic nitrogens is 1. The van der Waals surface area contributed by atoms with Gasteiger partial charge >= 0.3 is 0 Å². The third-order valence-electron chi connectivity index (χ3n) is 4.92. The Morgan fingerprint density at radius 1 is 0.969 bits per heavy atom. The Morgan fingerprint density at radius 2 is 1.72 bits per heavy atom. The van der Waals surface area contributed by atoms with Gasteiger partial charge in [0.25, 0.3) is 15.9 Å². The van der Waals surface area contributed by atoms with Gasteiger partial charge in [0, 0.05) is 29.2 Å². The fourth-order valence-corrected chi connectivity index (χ4v) is 5.01. The van der Waals surface area contributed by atoms with Crippen LogP contribution in [0.15, 0.2) is 83.9 Å². The molecule has 0 aliphatic heterocycles. The van der Waals surface area contributed by atoms with Crippen molar-refractivity contribution in [3.05, 3.63) is 94.6 Å². The number of rotatable bonds is 5. The van der Waals surface area contributed by atoms with Crippen molar-refractivity contribution in [2.75, 3.05) is 16.7 Å². The van der Waals surface area contributed by atoms with E-state index in [0.29, 0.717) is 16.4 Å². The Hall–Kier alpha value is -3.13. The Morgan fingerprint density at radius 3 is 2.47 bits per heavy atom. The van der Waals surface area contributed by atoms with E-state index in [0.717, 1.165) is 15.2 Å². The maximum Gasteiger partial charge on any atom is 0.265 e. The van der Waals surface area contributed by atoms with Crippen molar-refractivity contribution < 1.29 is 13.2 Å². The molecule has 1 N–H and O–H groups in total. The zero-order chi connectivity index (χ0) is 22.9. The second-order valence-corrected chi connectivity index (χ2v) is 9.71. The summed E-state index contributed by atoms with van der Waals surface area (Å²) in [5, 5.41) is 4.09. The van der Waals surface area contributed by atoms with Gasteiger partial charge in [0.1, 0.15) is 4.90 Å². The summed E-state index contributed by atoms with van der Waals surface area (Å²) in [7, 11) is -2.62. The van der Waals surface area contributed by atoms with Crippen molar-refractivity contribution in [2.45, 2.75) is 4.90 Å². The highest BCUT2D eigenvalue weighted by Crippen LogP contribution is 2.30. The van der Waals surface area contributed by atoms with Gasteiger partial charge in [0.2, 0.25) is 0 Å². The minimum Gasteiger partial charge on any atom is -0.321 e. The molecule has 0 atom stereocenters. The number of benzene rings is 3. The molecule has 0 spiro atoms. The van der Waals surface area contributed by atoms with Crippen LogP contribution in [0.4, 0.5) is 11.4 Å². The second kappa shape index (κ2) is 8.78. The van der Waals surface area contributed by atoms with Crippen LogP contribution in [0, 0.1) is 0 Å². The quantitative estimate of drug-likeness (QED) is 0.397. The lowest BCUT2D eigenvalue weighted by Crippen LogP contribution is -2.27. The van der Waals surface area contributed by atoms with Crippen molar-refractivity contribution in [1.82, 2.24) is 4.98 Å². The lowest BCUT2D eigenvalue weighted by Gasteiger charge is -2.20. The molecule has 3 aromatic carbocycles. The molecule has 9 heteroatoms. The molecule has 6 nitrogen and oxygen atoms in total. The molecule has 32 heavy (non-hydrogen) atoms. The van der Waals surface area contributed by atoms with E-state index in [1.165, 1.54) is 25.2 Å². The lowest BCUT2D eigenvalue weighted by atomic mass is 10.1. The second-order valence-electron chi connectivity index (χ2n) is 6.92. The topological polar surface area (TPSA) is 79.4 Å². The summed E-state index contributed by atoms with van der Waals surface area (Å²) in [6, 6.07) is 19.5. The van der Waals surface area contributed by atoms with Gasteiger partial charge in [-0.15, -0.1) is 0 Å². The van der Waals surface area contributed by atoms with E-state index >= 15 is 0 Å². The van der Waals surface area contributed by atoms with E-state index in [2.05, 4.69) is 10.3 Å². The average Bonchev–Trinajstić information content (AvgIpc) is 2.79. The molecule has 162 valence electrons. The van der Waals surface area contributed by atoms with Crippen LogP contribution in [0.25, 0.3) is 10.9 Å². The number of fused-ring (bicyclic) bond motifs is 1. The standard InChI is InChI=1S/C23H17Cl2N3O3S/c1-28(17-10-8-16(24)9-11-17)32(30,31)22-14-15(7-12-19(22)25)23(29)27-21-6-2-5-20-18(21)4-3-13-26-20/h2-14H,1H3,(H,27,29). The van der Waals surface area contributed by atoms with Crippen LogP contribution in [0.5, 0.6) is 0 Å². The zero-order valence-electron chi connectivity index (χ0n) is 16.8. The van der Waals surface area contributed by atoms with E-state index in [1.807, 2.05) is 12.1 Å². The summed E-state index contributed by atoms with van der Waals surface area (Å²) in [4.78, 5) is 17.0. The van der Waals surface area contributed by atoms with Crippen molar-refractivity contribution in [2.24, 2.45) is 0 Å². The van der Waals surface area contributed by atoms with Crippen molar-refractivity contribution in [3.8, 4) is 0 Å². The third kappa shape index (κ3) is 4.27. The van der Waals surface area contributed by atoms with Crippen LogP contribution in [-0.2, 0) is 10.0 Å². The molecule has 4 rings (SSSR count). The molecule has 0 bridgehead atoms. The molecule has 1 heterocycles. The first-order chi connectivity index (χ1) is 15.3. The van der Waals surface area contributed by atoms with Crippen LogP contribution in [-0.4, -0.2) is 26.4 Å². The number of sulfonamides is 1. The highest BCUT2D eigenvalue weighted by molar-refractivity contribution is 7.93. The highest BCUT2D eigenvalue weighted by Gasteiger charge is 2.25. The molecule has 0 saturated carbocycles. The lowest BCUT2D eigenvalue weighted by molar-refractivity contribution is 0.102. The summed E-state index contributed by atoms with van der Waals surface area (Å²) < 4.78 is 27.5. The first-order valence-corrected chi connectivity index (χ1v) is 11.7. The number of nitrogens with zero attached hydrogens (tertiary/aromatic N) is 2. The Bertz CT molecular complexity index is 1420. The summed E-state index contributed by atoms with van der Waals surface area (Å²) in [5.74, 6) is -0.469. The molecule has 0 aliphatic rings. The summed E-state index contributed by atoms with van der Waals surface area (Å²) in [5.41, 5.74) is 1.86. The number of pyridine rings is 1. The zero-order valence-corrected chi connectivity index (χ0v) is 19.1. The summed E-state index contributed by atoms with van der Waals surface area (Å²) in [6.45, 7) is 0. The van der Waals surface area contributed by atoms with E-state index in [1.54, 1.807) is 48.7 Å². The largest absolute Gasteiger partial charge is 0.321 e.